The fourth-order valence-corrected chi connectivity index (χ4v) is 3.53. The molecule has 0 radical (unpaired) electrons. The molecule has 0 aromatic heterocycles. The number of anilines is 2. The van der Waals surface area contributed by atoms with Gasteiger partial charge in [0.15, 0.2) is 5.78 Å². The van der Waals surface area contributed by atoms with Crippen LogP contribution in [0.1, 0.15) is 29.4 Å². The topological polar surface area (TPSA) is 23.6 Å². The van der Waals surface area contributed by atoms with E-state index in [1.54, 1.807) is 0 Å². The van der Waals surface area contributed by atoms with E-state index >= 15 is 0 Å². The van der Waals surface area contributed by atoms with Crippen molar-refractivity contribution in [1.82, 2.24) is 0 Å². The molecule has 0 bridgehead atoms. The molecule has 1 aliphatic carbocycles. The molecule has 0 saturated heterocycles. The summed E-state index contributed by atoms with van der Waals surface area (Å²) in [6, 6.07) is 16.5. The number of hydrogen-bond acceptors (Lipinski definition) is 3. The highest BCUT2D eigenvalue weighted by Gasteiger charge is 2.38. The highest BCUT2D eigenvalue weighted by Crippen LogP contribution is 2.44. The minimum Gasteiger partial charge on any atom is -0.378 e. The molecule has 0 N–H and O–H groups in total. The van der Waals surface area contributed by atoms with Gasteiger partial charge in [0, 0.05) is 45.5 Å². The van der Waals surface area contributed by atoms with Crippen LogP contribution < -0.4 is 9.80 Å². The van der Waals surface area contributed by atoms with Crippen molar-refractivity contribution in [3.63, 3.8) is 0 Å². The Kier molecular flexibility index (Phi) is 4.67. The van der Waals surface area contributed by atoms with E-state index in [0.717, 1.165) is 34.5 Å². The molecule has 0 amide bonds. The zero-order valence-electron chi connectivity index (χ0n) is 15.5. The number of Topliss-reactive ketones (excluding diaryl/α,β-unsaturated/α-hetero) is 1. The van der Waals surface area contributed by atoms with E-state index in [4.69, 9.17) is 0 Å². The fraction of sp³-hybridized carbons (Fsp3) is 0.318. The number of carbonyl (C=O) groups excluding carboxylic acids is 1. The lowest BCUT2D eigenvalue weighted by Crippen LogP contribution is -2.13. The van der Waals surface area contributed by atoms with Gasteiger partial charge in [0.1, 0.15) is 0 Å². The average Bonchev–Trinajstić information content (AvgIpc) is 2.89. The molecule has 130 valence electrons. The predicted octanol–water partition coefficient (Wildman–Crippen LogP) is 4.22. The largest absolute Gasteiger partial charge is 0.378 e. The first-order chi connectivity index (χ1) is 11.9. The summed E-state index contributed by atoms with van der Waals surface area (Å²) in [6.45, 7) is 4.20. The molecule has 2 unspecified atom stereocenters. The van der Waals surface area contributed by atoms with E-state index in [1.165, 1.54) is 0 Å². The quantitative estimate of drug-likeness (QED) is 0.782. The van der Waals surface area contributed by atoms with Gasteiger partial charge in [0.2, 0.25) is 0 Å². The first kappa shape index (κ1) is 17.3. The Morgan fingerprint density at radius 2 is 1.24 bits per heavy atom. The number of allylic oxidation sites excluding steroid dienone is 1. The maximum Gasteiger partial charge on any atom is 0.152 e. The second-order valence-electron chi connectivity index (χ2n) is 7.22. The predicted molar refractivity (Wildman–Crippen MR) is 106 cm³/mol. The van der Waals surface area contributed by atoms with E-state index in [2.05, 4.69) is 64.9 Å². The van der Waals surface area contributed by atoms with E-state index in [0.29, 0.717) is 0 Å². The summed E-state index contributed by atoms with van der Waals surface area (Å²) in [5.74, 6) is -0.00261. The summed E-state index contributed by atoms with van der Waals surface area (Å²) in [7, 11) is 8.07. The number of nitrogens with zero attached hydrogens (tertiary/aromatic N) is 2. The third-order valence-electron chi connectivity index (χ3n) is 5.06. The van der Waals surface area contributed by atoms with Crippen LogP contribution in [0.5, 0.6) is 0 Å². The van der Waals surface area contributed by atoms with Gasteiger partial charge in [-0.05, 0) is 41.8 Å². The average molecular weight is 334 g/mol. The lowest BCUT2D eigenvalue weighted by Gasteiger charge is -2.16. The van der Waals surface area contributed by atoms with Gasteiger partial charge < -0.3 is 9.80 Å². The second-order valence-corrected chi connectivity index (χ2v) is 7.22. The fourth-order valence-electron chi connectivity index (χ4n) is 3.53. The number of hydrogen-bond donors (Lipinski definition) is 0. The Labute approximate surface area is 150 Å². The Hall–Kier alpha value is -2.55. The molecule has 2 aromatic carbocycles. The van der Waals surface area contributed by atoms with Gasteiger partial charge in [0.25, 0.3) is 0 Å². The maximum absolute atomic E-state index is 13.1. The van der Waals surface area contributed by atoms with E-state index in [-0.39, 0.29) is 17.6 Å². The molecule has 2 aromatic rings. The molecule has 0 aliphatic heterocycles. The van der Waals surface area contributed by atoms with Crippen molar-refractivity contribution in [2.24, 2.45) is 0 Å². The molecule has 0 spiro atoms. The van der Waals surface area contributed by atoms with Crippen molar-refractivity contribution in [1.29, 1.82) is 0 Å². The Morgan fingerprint density at radius 3 is 1.68 bits per heavy atom. The number of ketones is 1. The Morgan fingerprint density at radius 1 is 0.800 bits per heavy atom. The zero-order chi connectivity index (χ0) is 18.1. The van der Waals surface area contributed by atoms with Gasteiger partial charge in [-0.15, -0.1) is 0 Å². The second kappa shape index (κ2) is 6.75. The van der Waals surface area contributed by atoms with Crippen molar-refractivity contribution in [3.05, 3.63) is 71.8 Å². The van der Waals surface area contributed by atoms with Crippen molar-refractivity contribution in [3.8, 4) is 0 Å². The molecular formula is C22H26N2O. The summed E-state index contributed by atoms with van der Waals surface area (Å²) in [6.07, 6.45) is 0.736. The van der Waals surface area contributed by atoms with Crippen LogP contribution in [0.3, 0.4) is 0 Å². The van der Waals surface area contributed by atoms with Crippen LogP contribution in [-0.2, 0) is 4.79 Å². The van der Waals surface area contributed by atoms with Gasteiger partial charge in [-0.3, -0.25) is 4.79 Å². The Balaban J connectivity index is 1.84. The number of benzene rings is 2. The van der Waals surface area contributed by atoms with Gasteiger partial charge in [-0.25, -0.2) is 0 Å². The molecule has 0 heterocycles. The van der Waals surface area contributed by atoms with Crippen LogP contribution >= 0.6 is 0 Å². The highest BCUT2D eigenvalue weighted by atomic mass is 16.1. The van der Waals surface area contributed by atoms with Crippen LogP contribution in [0.15, 0.2) is 60.7 Å². The number of carbonyl (C=O) groups is 1. The lowest BCUT2D eigenvalue weighted by atomic mass is 9.90. The zero-order valence-corrected chi connectivity index (χ0v) is 15.5. The third kappa shape index (κ3) is 3.32. The molecule has 3 nitrogen and oxygen atoms in total. The number of rotatable bonds is 4. The third-order valence-corrected chi connectivity index (χ3v) is 5.06. The molecule has 1 aliphatic rings. The lowest BCUT2D eigenvalue weighted by molar-refractivity contribution is -0.119. The SMILES string of the molecule is C=C1CC(c2ccc(N(C)C)cc2)C(=O)C1c1ccc(N(C)C)cc1. The molecule has 3 rings (SSSR count). The monoisotopic (exact) mass is 334 g/mol. The standard InChI is InChI=1S/C22H26N2O/c1-15-14-20(16-6-10-18(11-7-16)23(2)3)22(25)21(15)17-8-12-19(13-9-17)24(4)5/h6-13,20-21H,1,14H2,2-5H3. The van der Waals surface area contributed by atoms with Gasteiger partial charge in [-0.1, -0.05) is 36.4 Å². The molecule has 25 heavy (non-hydrogen) atoms. The summed E-state index contributed by atoms with van der Waals surface area (Å²) < 4.78 is 0. The van der Waals surface area contributed by atoms with Gasteiger partial charge in [0.05, 0.1) is 5.92 Å². The minimum atomic E-state index is -0.185. The van der Waals surface area contributed by atoms with Crippen molar-refractivity contribution >= 4 is 17.2 Å². The smallest absolute Gasteiger partial charge is 0.152 e. The highest BCUT2D eigenvalue weighted by molar-refractivity contribution is 5.97. The van der Waals surface area contributed by atoms with Gasteiger partial charge >= 0.3 is 0 Å². The van der Waals surface area contributed by atoms with Crippen molar-refractivity contribution in [2.45, 2.75) is 18.3 Å². The van der Waals surface area contributed by atoms with Crippen LogP contribution in [-0.4, -0.2) is 34.0 Å². The molecule has 1 saturated carbocycles. The summed E-state index contributed by atoms with van der Waals surface area (Å²) in [4.78, 5) is 17.2. The van der Waals surface area contributed by atoms with Crippen molar-refractivity contribution in [2.75, 3.05) is 38.0 Å². The minimum absolute atomic E-state index is 0.0813. The summed E-state index contributed by atoms with van der Waals surface area (Å²) >= 11 is 0. The van der Waals surface area contributed by atoms with E-state index in [9.17, 15) is 4.79 Å². The van der Waals surface area contributed by atoms with Crippen LogP contribution in [0.2, 0.25) is 0 Å². The first-order valence-corrected chi connectivity index (χ1v) is 8.64. The summed E-state index contributed by atoms with van der Waals surface area (Å²) in [5.41, 5.74) is 5.43. The van der Waals surface area contributed by atoms with Crippen LogP contribution in [0.25, 0.3) is 0 Å². The first-order valence-electron chi connectivity index (χ1n) is 8.64. The summed E-state index contributed by atoms with van der Waals surface area (Å²) in [5, 5.41) is 0. The van der Waals surface area contributed by atoms with Crippen LogP contribution in [0.4, 0.5) is 11.4 Å². The molecule has 3 heteroatoms. The molecule has 2 atom stereocenters. The van der Waals surface area contributed by atoms with E-state index < -0.39 is 0 Å². The van der Waals surface area contributed by atoms with Crippen molar-refractivity contribution < 1.29 is 4.79 Å². The van der Waals surface area contributed by atoms with E-state index in [1.807, 2.05) is 28.2 Å². The molecule has 1 fully saturated rings. The maximum atomic E-state index is 13.1. The Bertz CT molecular complexity index is 773. The van der Waals surface area contributed by atoms with Crippen LogP contribution in [0, 0.1) is 0 Å². The van der Waals surface area contributed by atoms with Gasteiger partial charge in [-0.2, -0.15) is 0 Å². The normalized spacial score (nSPS) is 20.0. The molecular weight excluding hydrogens is 308 g/mol.